The lowest BCUT2D eigenvalue weighted by molar-refractivity contribution is 0.0983. The number of ketones is 1. The topological polar surface area (TPSA) is 99.9 Å². The van der Waals surface area contributed by atoms with Crippen molar-refractivity contribution in [3.8, 4) is 6.07 Å². The number of Topliss-reactive ketones (excluding diaryl/α,β-unsaturated/α-hetero) is 1. The van der Waals surface area contributed by atoms with Crippen molar-refractivity contribution in [2.45, 2.75) is 38.1 Å². The van der Waals surface area contributed by atoms with Crippen LogP contribution in [0.5, 0.6) is 0 Å². The average Bonchev–Trinajstić information content (AvgIpc) is 2.68. The number of nitrogens with zero attached hydrogens (tertiary/aromatic N) is 3. The number of fused-ring (bicyclic) bond motifs is 2. The molecule has 0 bridgehead atoms. The van der Waals surface area contributed by atoms with Gasteiger partial charge in [-0.05, 0) is 43.9 Å². The van der Waals surface area contributed by atoms with Crippen LogP contribution >= 0.6 is 0 Å². The summed E-state index contributed by atoms with van der Waals surface area (Å²) in [6.45, 7) is 7.74. The Labute approximate surface area is 166 Å². The number of carbonyl (C=O) groups is 1. The standard InChI is InChI=1S/C12H17N3OSi.C8H8N2O/c1-17(2,3)16-12(9-13)6-8-15-11-10(12)5-4-7-14-11;11-7-3-5-10-8-6(7)2-1-4-9-8/h4-5,7H,6,8H2,1-3H3,(H,14,15);1-2,4H,3,5H2,(H,9,10). The molecule has 4 rings (SSSR count). The van der Waals surface area contributed by atoms with Gasteiger partial charge in [-0.1, -0.05) is 0 Å². The molecule has 7 nitrogen and oxygen atoms in total. The van der Waals surface area contributed by atoms with Crippen LogP contribution in [0.3, 0.4) is 0 Å². The highest BCUT2D eigenvalue weighted by Gasteiger charge is 2.42. The van der Waals surface area contributed by atoms with Gasteiger partial charge in [-0.25, -0.2) is 9.97 Å². The third-order valence-corrected chi connectivity index (χ3v) is 5.39. The number of carbonyl (C=O) groups excluding carboxylic acids is 1. The highest BCUT2D eigenvalue weighted by molar-refractivity contribution is 6.69. The quantitative estimate of drug-likeness (QED) is 0.750. The second-order valence-electron chi connectivity index (χ2n) is 7.73. The molecule has 0 saturated carbocycles. The lowest BCUT2D eigenvalue weighted by atomic mass is 9.90. The molecule has 28 heavy (non-hydrogen) atoms. The van der Waals surface area contributed by atoms with Gasteiger partial charge in [0.25, 0.3) is 0 Å². The second kappa shape index (κ2) is 8.08. The highest BCUT2D eigenvalue weighted by atomic mass is 28.4. The number of rotatable bonds is 2. The minimum Gasteiger partial charge on any atom is -0.396 e. The van der Waals surface area contributed by atoms with Crippen molar-refractivity contribution < 1.29 is 9.22 Å². The molecule has 2 N–H and O–H groups in total. The summed E-state index contributed by atoms with van der Waals surface area (Å²) >= 11 is 0. The van der Waals surface area contributed by atoms with E-state index < -0.39 is 13.9 Å². The van der Waals surface area contributed by atoms with E-state index in [0.717, 1.165) is 29.3 Å². The molecule has 0 fully saturated rings. The predicted octanol–water partition coefficient (Wildman–Crippen LogP) is 3.55. The number of hydrogen-bond acceptors (Lipinski definition) is 7. The van der Waals surface area contributed by atoms with Crippen LogP contribution in [0.1, 0.15) is 28.8 Å². The molecule has 0 aromatic carbocycles. The Morgan fingerprint density at radius 2 is 1.79 bits per heavy atom. The van der Waals surface area contributed by atoms with E-state index in [9.17, 15) is 10.1 Å². The Kier molecular flexibility index (Phi) is 5.77. The fourth-order valence-corrected chi connectivity index (χ4v) is 4.63. The van der Waals surface area contributed by atoms with Crippen molar-refractivity contribution >= 4 is 25.7 Å². The zero-order valence-electron chi connectivity index (χ0n) is 16.5. The molecule has 2 aromatic rings. The van der Waals surface area contributed by atoms with Crippen LogP contribution in [0, 0.1) is 11.3 Å². The highest BCUT2D eigenvalue weighted by Crippen LogP contribution is 2.38. The summed E-state index contributed by atoms with van der Waals surface area (Å²) in [5.41, 5.74) is 0.772. The third-order valence-electron chi connectivity index (χ3n) is 4.43. The normalized spacial score (nSPS) is 20.3. The number of anilines is 2. The second-order valence-corrected chi connectivity index (χ2v) is 12.2. The molecular formula is C20H25N5O2Si. The van der Waals surface area contributed by atoms with Gasteiger partial charge in [0.1, 0.15) is 17.7 Å². The molecule has 0 radical (unpaired) electrons. The van der Waals surface area contributed by atoms with Crippen molar-refractivity contribution in [2.75, 3.05) is 23.7 Å². The average molecular weight is 396 g/mol. The molecule has 0 spiro atoms. The SMILES string of the molecule is C[Si](C)(C)OC1(C#N)CCNc2ncccc21.O=C1CCNc2ncccc21. The molecule has 2 aromatic heterocycles. The summed E-state index contributed by atoms with van der Waals surface area (Å²) in [4.78, 5) is 19.5. The molecular weight excluding hydrogens is 370 g/mol. The van der Waals surface area contributed by atoms with Crippen LogP contribution < -0.4 is 10.6 Å². The maximum atomic E-state index is 11.2. The van der Waals surface area contributed by atoms with E-state index in [1.54, 1.807) is 24.5 Å². The minimum absolute atomic E-state index is 0.187. The maximum absolute atomic E-state index is 11.2. The van der Waals surface area contributed by atoms with E-state index in [2.05, 4.69) is 46.3 Å². The first kappa shape index (κ1) is 20.0. The van der Waals surface area contributed by atoms with Gasteiger partial charge in [-0.2, -0.15) is 5.26 Å². The number of nitriles is 1. The van der Waals surface area contributed by atoms with Gasteiger partial charge >= 0.3 is 0 Å². The zero-order valence-corrected chi connectivity index (χ0v) is 17.5. The molecule has 1 atom stereocenters. The Morgan fingerprint density at radius 1 is 1.11 bits per heavy atom. The van der Waals surface area contributed by atoms with Crippen LogP contribution in [0.15, 0.2) is 36.7 Å². The summed E-state index contributed by atoms with van der Waals surface area (Å²) in [6, 6.07) is 9.73. The lowest BCUT2D eigenvalue weighted by Crippen LogP contribution is -2.43. The first-order chi connectivity index (χ1) is 13.3. The zero-order chi connectivity index (χ0) is 20.2. The van der Waals surface area contributed by atoms with Gasteiger partial charge < -0.3 is 15.1 Å². The maximum Gasteiger partial charge on any atom is 0.186 e. The van der Waals surface area contributed by atoms with Crippen molar-refractivity contribution in [1.29, 1.82) is 5.26 Å². The molecule has 1 unspecified atom stereocenters. The number of nitrogens with one attached hydrogen (secondary N) is 2. The summed E-state index contributed by atoms with van der Waals surface area (Å²) in [7, 11) is -1.78. The summed E-state index contributed by atoms with van der Waals surface area (Å²) in [6.07, 6.45) is 4.67. The molecule has 0 aliphatic carbocycles. The van der Waals surface area contributed by atoms with Crippen LogP contribution in [0.2, 0.25) is 19.6 Å². The van der Waals surface area contributed by atoms with Crippen molar-refractivity contribution in [3.63, 3.8) is 0 Å². The smallest absolute Gasteiger partial charge is 0.186 e. The van der Waals surface area contributed by atoms with Gasteiger partial charge in [-0.15, -0.1) is 0 Å². The van der Waals surface area contributed by atoms with Crippen LogP contribution in [-0.2, 0) is 10.0 Å². The van der Waals surface area contributed by atoms with E-state index in [4.69, 9.17) is 4.43 Å². The van der Waals surface area contributed by atoms with Crippen molar-refractivity contribution in [2.24, 2.45) is 0 Å². The van der Waals surface area contributed by atoms with Crippen LogP contribution in [-0.4, -0.2) is 37.2 Å². The van der Waals surface area contributed by atoms with E-state index in [1.165, 1.54) is 0 Å². The summed E-state index contributed by atoms with van der Waals surface area (Å²) < 4.78 is 6.14. The van der Waals surface area contributed by atoms with Crippen LogP contribution in [0.25, 0.3) is 0 Å². The number of pyridine rings is 2. The van der Waals surface area contributed by atoms with Gasteiger partial charge in [0.15, 0.2) is 19.7 Å². The molecule has 0 amide bonds. The fraction of sp³-hybridized carbons (Fsp3) is 0.400. The predicted molar refractivity (Wildman–Crippen MR) is 111 cm³/mol. The van der Waals surface area contributed by atoms with E-state index in [1.807, 2.05) is 12.1 Å². The first-order valence-corrected chi connectivity index (χ1v) is 12.8. The fourth-order valence-electron chi connectivity index (χ4n) is 3.33. The molecule has 4 heterocycles. The number of aromatic nitrogens is 2. The molecule has 0 saturated heterocycles. The Hall–Kier alpha value is -2.76. The van der Waals surface area contributed by atoms with Crippen LogP contribution in [0.4, 0.5) is 11.6 Å². The molecule has 2 aliphatic rings. The molecule has 8 heteroatoms. The third kappa shape index (κ3) is 4.38. The number of hydrogen-bond donors (Lipinski definition) is 2. The van der Waals surface area contributed by atoms with Crippen molar-refractivity contribution in [3.05, 3.63) is 47.8 Å². The van der Waals surface area contributed by atoms with Gasteiger partial charge in [0.05, 0.1) is 5.56 Å². The van der Waals surface area contributed by atoms with Crippen molar-refractivity contribution in [1.82, 2.24) is 9.97 Å². The monoisotopic (exact) mass is 395 g/mol. The Morgan fingerprint density at radius 3 is 2.46 bits per heavy atom. The Balaban J connectivity index is 0.000000176. The van der Waals surface area contributed by atoms with Gasteiger partial charge in [0, 0.05) is 43.9 Å². The minimum atomic E-state index is -1.78. The molecule has 2 aliphatic heterocycles. The largest absolute Gasteiger partial charge is 0.396 e. The Bertz CT molecular complexity index is 906. The molecule has 146 valence electrons. The van der Waals surface area contributed by atoms with Gasteiger partial charge in [-0.3, -0.25) is 4.79 Å². The summed E-state index contributed by atoms with van der Waals surface area (Å²) in [5, 5.41) is 15.8. The summed E-state index contributed by atoms with van der Waals surface area (Å²) in [5.74, 6) is 1.69. The first-order valence-electron chi connectivity index (χ1n) is 9.37. The van der Waals surface area contributed by atoms with E-state index in [0.29, 0.717) is 19.4 Å². The van der Waals surface area contributed by atoms with Gasteiger partial charge in [0.2, 0.25) is 0 Å². The lowest BCUT2D eigenvalue weighted by Gasteiger charge is -2.37. The van der Waals surface area contributed by atoms with E-state index in [-0.39, 0.29) is 5.78 Å². The van der Waals surface area contributed by atoms with E-state index >= 15 is 0 Å².